The third-order valence-corrected chi connectivity index (χ3v) is 3.93. The lowest BCUT2D eigenvalue weighted by Gasteiger charge is -2.26. The number of morpholine rings is 1. The van der Waals surface area contributed by atoms with Crippen molar-refractivity contribution >= 4 is 5.91 Å². The molecule has 1 aromatic carbocycles. The number of amides is 1. The van der Waals surface area contributed by atoms with Crippen LogP contribution in [-0.2, 0) is 16.1 Å². The van der Waals surface area contributed by atoms with Gasteiger partial charge in [0.25, 0.3) is 5.91 Å². The van der Waals surface area contributed by atoms with Crippen LogP contribution < -0.4 is 4.74 Å². The van der Waals surface area contributed by atoms with Gasteiger partial charge in [0.05, 0.1) is 13.2 Å². The zero-order valence-electron chi connectivity index (χ0n) is 15.6. The Balaban J connectivity index is 0.00000139. The van der Waals surface area contributed by atoms with E-state index in [1.54, 1.807) is 4.90 Å². The maximum Gasteiger partial charge on any atom is 0.260 e. The van der Waals surface area contributed by atoms with Gasteiger partial charge in [0, 0.05) is 19.6 Å². The molecule has 1 aliphatic rings. The van der Waals surface area contributed by atoms with Crippen LogP contribution in [0.4, 0.5) is 0 Å². The maximum absolute atomic E-state index is 12.1. The monoisotopic (exact) mass is 336 g/mol. The van der Waals surface area contributed by atoms with Gasteiger partial charge in [0.2, 0.25) is 0 Å². The summed E-state index contributed by atoms with van der Waals surface area (Å²) in [6, 6.07) is 7.99. The van der Waals surface area contributed by atoms with E-state index in [9.17, 15) is 4.79 Å². The predicted octanol–water partition coefficient (Wildman–Crippen LogP) is 2.79. The highest BCUT2D eigenvalue weighted by molar-refractivity contribution is 5.77. The van der Waals surface area contributed by atoms with Crippen molar-refractivity contribution in [3.8, 4) is 5.75 Å². The highest BCUT2D eigenvalue weighted by Crippen LogP contribution is 2.15. The van der Waals surface area contributed by atoms with Crippen molar-refractivity contribution in [2.24, 2.45) is 0 Å². The van der Waals surface area contributed by atoms with Crippen molar-refractivity contribution in [2.45, 2.75) is 34.2 Å². The lowest BCUT2D eigenvalue weighted by Crippen LogP contribution is -2.42. The first kappa shape index (κ1) is 20.5. The average molecular weight is 336 g/mol. The summed E-state index contributed by atoms with van der Waals surface area (Å²) in [5.41, 5.74) is 1.21. The number of ether oxygens (including phenoxy) is 2. The molecule has 1 fully saturated rings. The van der Waals surface area contributed by atoms with Gasteiger partial charge >= 0.3 is 0 Å². The summed E-state index contributed by atoms with van der Waals surface area (Å²) in [6.07, 6.45) is 0. The van der Waals surface area contributed by atoms with Crippen LogP contribution in [0.25, 0.3) is 0 Å². The van der Waals surface area contributed by atoms with Gasteiger partial charge in [-0.1, -0.05) is 39.8 Å². The highest BCUT2D eigenvalue weighted by atomic mass is 16.5. The molecule has 0 N–H and O–H groups in total. The van der Waals surface area contributed by atoms with Gasteiger partial charge in [-0.05, 0) is 30.8 Å². The number of benzene rings is 1. The Morgan fingerprint density at radius 2 is 1.88 bits per heavy atom. The van der Waals surface area contributed by atoms with Crippen LogP contribution in [-0.4, -0.2) is 61.7 Å². The molecule has 0 aliphatic carbocycles. The van der Waals surface area contributed by atoms with E-state index < -0.39 is 0 Å². The Kier molecular flexibility index (Phi) is 10.1. The molecule has 1 aliphatic heterocycles. The fourth-order valence-electron chi connectivity index (χ4n) is 2.49. The lowest BCUT2D eigenvalue weighted by molar-refractivity contribution is -0.137. The van der Waals surface area contributed by atoms with E-state index in [-0.39, 0.29) is 12.5 Å². The molecule has 0 bridgehead atoms. The Labute approximate surface area is 146 Å². The normalized spacial score (nSPS) is 14.1. The Morgan fingerprint density at radius 1 is 1.21 bits per heavy atom. The first-order valence-electron chi connectivity index (χ1n) is 9.02. The largest absolute Gasteiger partial charge is 0.484 e. The molecule has 0 aromatic heterocycles. The minimum atomic E-state index is 0.0254. The molecule has 0 atom stereocenters. The van der Waals surface area contributed by atoms with E-state index in [2.05, 4.69) is 24.8 Å². The van der Waals surface area contributed by atoms with Crippen molar-refractivity contribution in [3.05, 3.63) is 29.8 Å². The topological polar surface area (TPSA) is 42.0 Å². The van der Waals surface area contributed by atoms with Gasteiger partial charge in [0.15, 0.2) is 6.61 Å². The SMILES string of the molecule is CC.CCN(CC)Cc1cccc(OCC(=O)N2CCOCC2)c1. The van der Waals surface area contributed by atoms with Crippen LogP contribution >= 0.6 is 0 Å². The van der Waals surface area contributed by atoms with Crippen molar-refractivity contribution in [1.29, 1.82) is 0 Å². The second-order valence-corrected chi connectivity index (χ2v) is 5.39. The summed E-state index contributed by atoms with van der Waals surface area (Å²) in [6.45, 7) is 13.9. The van der Waals surface area contributed by atoms with E-state index in [1.807, 2.05) is 32.0 Å². The molecule has 1 aromatic rings. The van der Waals surface area contributed by atoms with Gasteiger partial charge < -0.3 is 14.4 Å². The number of nitrogens with zero attached hydrogens (tertiary/aromatic N) is 2. The molecular formula is C19H32N2O3. The van der Waals surface area contributed by atoms with Gasteiger partial charge in [-0.3, -0.25) is 9.69 Å². The van der Waals surface area contributed by atoms with Gasteiger partial charge in [-0.25, -0.2) is 0 Å². The number of rotatable bonds is 7. The van der Waals surface area contributed by atoms with Gasteiger partial charge in [-0.2, -0.15) is 0 Å². The lowest BCUT2D eigenvalue weighted by atomic mass is 10.2. The Hall–Kier alpha value is -1.59. The van der Waals surface area contributed by atoms with E-state index in [4.69, 9.17) is 9.47 Å². The molecule has 1 heterocycles. The van der Waals surface area contributed by atoms with E-state index in [0.717, 1.165) is 25.4 Å². The Bertz CT molecular complexity index is 469. The van der Waals surface area contributed by atoms with Gasteiger partial charge in [0.1, 0.15) is 5.75 Å². The Morgan fingerprint density at radius 3 is 2.50 bits per heavy atom. The first-order valence-corrected chi connectivity index (χ1v) is 9.02. The molecule has 136 valence electrons. The number of carbonyl (C=O) groups is 1. The summed E-state index contributed by atoms with van der Waals surface area (Å²) < 4.78 is 10.9. The zero-order chi connectivity index (χ0) is 17.8. The summed E-state index contributed by atoms with van der Waals surface area (Å²) in [5, 5.41) is 0. The van der Waals surface area contributed by atoms with Crippen molar-refractivity contribution in [1.82, 2.24) is 9.80 Å². The summed E-state index contributed by atoms with van der Waals surface area (Å²) in [7, 11) is 0. The highest BCUT2D eigenvalue weighted by Gasteiger charge is 2.17. The fourth-order valence-corrected chi connectivity index (χ4v) is 2.49. The number of hydrogen-bond donors (Lipinski definition) is 0. The van der Waals surface area contributed by atoms with E-state index in [1.165, 1.54) is 5.56 Å². The quantitative estimate of drug-likeness (QED) is 0.768. The predicted molar refractivity (Wildman–Crippen MR) is 97.3 cm³/mol. The number of carbonyl (C=O) groups excluding carboxylic acids is 1. The number of hydrogen-bond acceptors (Lipinski definition) is 4. The molecule has 0 spiro atoms. The molecule has 2 rings (SSSR count). The van der Waals surface area contributed by atoms with Crippen LogP contribution in [0.5, 0.6) is 5.75 Å². The second-order valence-electron chi connectivity index (χ2n) is 5.39. The zero-order valence-corrected chi connectivity index (χ0v) is 15.6. The van der Waals surface area contributed by atoms with Crippen molar-refractivity contribution in [3.63, 3.8) is 0 Å². The maximum atomic E-state index is 12.1. The average Bonchev–Trinajstić information content (AvgIpc) is 2.66. The van der Waals surface area contributed by atoms with Crippen LogP contribution in [0.1, 0.15) is 33.3 Å². The van der Waals surface area contributed by atoms with Crippen LogP contribution in [0.2, 0.25) is 0 Å². The molecule has 5 nitrogen and oxygen atoms in total. The third-order valence-electron chi connectivity index (χ3n) is 3.93. The van der Waals surface area contributed by atoms with Crippen LogP contribution in [0.3, 0.4) is 0 Å². The molecule has 24 heavy (non-hydrogen) atoms. The minimum Gasteiger partial charge on any atom is -0.484 e. The molecule has 0 unspecified atom stereocenters. The molecule has 5 heteroatoms. The summed E-state index contributed by atoms with van der Waals surface area (Å²) in [5.74, 6) is 0.781. The first-order chi connectivity index (χ1) is 11.7. The van der Waals surface area contributed by atoms with Crippen molar-refractivity contribution in [2.75, 3.05) is 46.0 Å². The molecule has 0 radical (unpaired) electrons. The minimum absolute atomic E-state index is 0.0254. The van der Waals surface area contributed by atoms with E-state index >= 15 is 0 Å². The standard InChI is InChI=1S/C17H26N2O3.C2H6/c1-3-18(4-2)13-15-6-5-7-16(12-15)22-14-17(20)19-8-10-21-11-9-19;1-2/h5-7,12H,3-4,8-11,13-14H2,1-2H3;1-2H3. The second kappa shape index (κ2) is 11.9. The van der Waals surface area contributed by atoms with Crippen LogP contribution in [0.15, 0.2) is 24.3 Å². The molecule has 1 amide bonds. The third kappa shape index (κ3) is 6.89. The van der Waals surface area contributed by atoms with E-state index in [0.29, 0.717) is 26.3 Å². The summed E-state index contributed by atoms with van der Waals surface area (Å²) in [4.78, 5) is 16.2. The molecular weight excluding hydrogens is 304 g/mol. The smallest absolute Gasteiger partial charge is 0.260 e. The fraction of sp³-hybridized carbons (Fsp3) is 0.632. The van der Waals surface area contributed by atoms with Crippen molar-refractivity contribution < 1.29 is 14.3 Å². The molecule has 0 saturated carbocycles. The van der Waals surface area contributed by atoms with Crippen LogP contribution in [0, 0.1) is 0 Å². The van der Waals surface area contributed by atoms with Gasteiger partial charge in [-0.15, -0.1) is 0 Å². The molecule has 1 saturated heterocycles. The summed E-state index contributed by atoms with van der Waals surface area (Å²) >= 11 is 0.